The van der Waals surface area contributed by atoms with Crippen LogP contribution >= 0.6 is 0 Å². The zero-order valence-corrected chi connectivity index (χ0v) is 20.2. The molecule has 4 nitrogen and oxygen atoms in total. The Morgan fingerprint density at radius 3 is 2.25 bits per heavy atom. The van der Waals surface area contributed by atoms with Gasteiger partial charge in [0.05, 0.1) is 6.10 Å². The topological polar surface area (TPSA) is 55.8 Å². The number of carbonyl (C=O) groups is 1. The zero-order valence-electron chi connectivity index (χ0n) is 20.2. The van der Waals surface area contributed by atoms with E-state index in [0.717, 1.165) is 12.1 Å². The van der Waals surface area contributed by atoms with Crippen LogP contribution in [-0.4, -0.2) is 22.9 Å². The molecule has 0 spiro atoms. The lowest BCUT2D eigenvalue weighted by molar-refractivity contribution is -0.274. The van der Waals surface area contributed by atoms with Crippen LogP contribution in [0.15, 0.2) is 54.6 Å². The number of ether oxygens (including phenoxy) is 2. The number of hydrogen-bond donors (Lipinski definition) is 1. The van der Waals surface area contributed by atoms with Gasteiger partial charge in [0, 0.05) is 28.7 Å². The SMILES string of the molecule is CC(C)c1cc2c(c(-c3ccc(F)cc3)c1C(=O)c1ccc(OC(F)(F)F)cc1)[C@H](O)CC(C)(C)O2. The minimum atomic E-state index is -4.85. The number of halogens is 4. The van der Waals surface area contributed by atoms with E-state index < -0.39 is 35.4 Å². The molecule has 1 aliphatic rings. The summed E-state index contributed by atoms with van der Waals surface area (Å²) >= 11 is 0. The first-order valence-corrected chi connectivity index (χ1v) is 11.5. The number of fused-ring (bicyclic) bond motifs is 1. The van der Waals surface area contributed by atoms with Crippen LogP contribution in [0, 0.1) is 5.82 Å². The van der Waals surface area contributed by atoms with E-state index in [0.29, 0.717) is 28.0 Å². The molecule has 0 fully saturated rings. The molecule has 0 aromatic heterocycles. The van der Waals surface area contributed by atoms with Crippen molar-refractivity contribution in [1.82, 2.24) is 0 Å². The average molecular weight is 503 g/mol. The van der Waals surface area contributed by atoms with Gasteiger partial charge in [-0.05, 0) is 73.4 Å². The van der Waals surface area contributed by atoms with Gasteiger partial charge in [0.2, 0.25) is 0 Å². The summed E-state index contributed by atoms with van der Waals surface area (Å²) in [5.74, 6) is -1.06. The summed E-state index contributed by atoms with van der Waals surface area (Å²) in [6, 6.07) is 12.0. The van der Waals surface area contributed by atoms with Gasteiger partial charge in [-0.3, -0.25) is 4.79 Å². The Kier molecular flexibility index (Phi) is 6.60. The summed E-state index contributed by atoms with van der Waals surface area (Å²) in [6.45, 7) is 7.51. The Bertz CT molecular complexity index is 1280. The number of carbonyl (C=O) groups excluding carboxylic acids is 1. The van der Waals surface area contributed by atoms with Crippen LogP contribution in [0.25, 0.3) is 11.1 Å². The van der Waals surface area contributed by atoms with Crippen LogP contribution in [0.3, 0.4) is 0 Å². The quantitative estimate of drug-likeness (QED) is 0.293. The molecule has 36 heavy (non-hydrogen) atoms. The van der Waals surface area contributed by atoms with E-state index in [9.17, 15) is 27.5 Å². The van der Waals surface area contributed by atoms with E-state index in [2.05, 4.69) is 4.74 Å². The molecule has 1 heterocycles. The summed E-state index contributed by atoms with van der Waals surface area (Å²) < 4.78 is 61.6. The maximum absolute atomic E-state index is 13.9. The summed E-state index contributed by atoms with van der Waals surface area (Å²) in [5.41, 5.74) is 1.76. The molecular weight excluding hydrogens is 476 g/mol. The van der Waals surface area contributed by atoms with E-state index in [1.165, 1.54) is 36.4 Å². The second kappa shape index (κ2) is 9.24. The molecule has 4 rings (SSSR count). The van der Waals surface area contributed by atoms with Crippen molar-refractivity contribution in [2.45, 2.75) is 58.1 Å². The van der Waals surface area contributed by atoms with Crippen molar-refractivity contribution in [3.63, 3.8) is 0 Å². The first-order valence-electron chi connectivity index (χ1n) is 11.5. The van der Waals surface area contributed by atoms with Crippen molar-refractivity contribution >= 4 is 5.78 Å². The average Bonchev–Trinajstić information content (AvgIpc) is 2.76. The van der Waals surface area contributed by atoms with Gasteiger partial charge in [0.1, 0.15) is 22.9 Å². The molecule has 1 atom stereocenters. The first kappa shape index (κ1) is 25.7. The Labute approximate surface area is 206 Å². The van der Waals surface area contributed by atoms with Crippen molar-refractivity contribution in [1.29, 1.82) is 0 Å². The molecule has 0 bridgehead atoms. The van der Waals surface area contributed by atoms with Crippen LogP contribution in [0.4, 0.5) is 17.6 Å². The smallest absolute Gasteiger partial charge is 0.487 e. The first-order chi connectivity index (χ1) is 16.8. The summed E-state index contributed by atoms with van der Waals surface area (Å²) in [6.07, 6.45) is -5.54. The van der Waals surface area contributed by atoms with Gasteiger partial charge in [-0.1, -0.05) is 26.0 Å². The van der Waals surface area contributed by atoms with Crippen LogP contribution < -0.4 is 9.47 Å². The molecule has 0 saturated carbocycles. The van der Waals surface area contributed by atoms with Gasteiger partial charge in [-0.15, -0.1) is 13.2 Å². The molecular formula is C28H26F4O4. The molecule has 0 unspecified atom stereocenters. The van der Waals surface area contributed by atoms with Crippen LogP contribution in [0.5, 0.6) is 11.5 Å². The molecule has 3 aromatic carbocycles. The Balaban J connectivity index is 1.95. The number of rotatable bonds is 5. The van der Waals surface area contributed by atoms with E-state index in [4.69, 9.17) is 4.74 Å². The number of aliphatic hydroxyl groups is 1. The Hall–Kier alpha value is -3.39. The van der Waals surface area contributed by atoms with E-state index in [-0.39, 0.29) is 23.5 Å². The molecule has 1 N–H and O–H groups in total. The van der Waals surface area contributed by atoms with Crippen molar-refractivity contribution in [2.24, 2.45) is 0 Å². The second-order valence-electron chi connectivity index (χ2n) is 9.77. The lowest BCUT2D eigenvalue weighted by Crippen LogP contribution is -2.35. The number of ketones is 1. The molecule has 0 aliphatic carbocycles. The fourth-order valence-electron chi connectivity index (χ4n) is 4.58. The molecule has 0 saturated heterocycles. The van der Waals surface area contributed by atoms with Gasteiger partial charge >= 0.3 is 6.36 Å². The number of alkyl halides is 3. The highest BCUT2D eigenvalue weighted by atomic mass is 19.4. The molecule has 8 heteroatoms. The highest BCUT2D eigenvalue weighted by molar-refractivity contribution is 6.14. The maximum atomic E-state index is 13.9. The van der Waals surface area contributed by atoms with Gasteiger partial charge in [-0.2, -0.15) is 0 Å². The molecule has 0 amide bonds. The minimum Gasteiger partial charge on any atom is -0.487 e. The van der Waals surface area contributed by atoms with Crippen LogP contribution in [0.1, 0.15) is 73.2 Å². The van der Waals surface area contributed by atoms with E-state index >= 15 is 0 Å². The van der Waals surface area contributed by atoms with Gasteiger partial charge in [0.25, 0.3) is 0 Å². The van der Waals surface area contributed by atoms with Crippen molar-refractivity contribution in [3.8, 4) is 22.6 Å². The predicted molar refractivity (Wildman–Crippen MR) is 127 cm³/mol. The molecule has 1 aliphatic heterocycles. The van der Waals surface area contributed by atoms with E-state index in [1.54, 1.807) is 6.07 Å². The van der Waals surface area contributed by atoms with Crippen molar-refractivity contribution in [2.75, 3.05) is 0 Å². The highest BCUT2D eigenvalue weighted by Crippen LogP contribution is 2.48. The number of aliphatic hydroxyl groups excluding tert-OH is 1. The zero-order chi connectivity index (χ0) is 26.4. The summed E-state index contributed by atoms with van der Waals surface area (Å²) in [7, 11) is 0. The second-order valence-corrected chi connectivity index (χ2v) is 9.77. The Morgan fingerprint density at radius 1 is 1.08 bits per heavy atom. The summed E-state index contributed by atoms with van der Waals surface area (Å²) in [4.78, 5) is 13.9. The van der Waals surface area contributed by atoms with Crippen molar-refractivity contribution in [3.05, 3.63) is 82.7 Å². The lowest BCUT2D eigenvalue weighted by atomic mass is 9.79. The summed E-state index contributed by atoms with van der Waals surface area (Å²) in [5, 5.41) is 11.2. The largest absolute Gasteiger partial charge is 0.573 e. The Morgan fingerprint density at radius 2 is 1.69 bits per heavy atom. The van der Waals surface area contributed by atoms with E-state index in [1.807, 2.05) is 27.7 Å². The number of hydrogen-bond acceptors (Lipinski definition) is 4. The van der Waals surface area contributed by atoms with Crippen LogP contribution in [0.2, 0.25) is 0 Å². The highest BCUT2D eigenvalue weighted by Gasteiger charge is 2.38. The van der Waals surface area contributed by atoms with Gasteiger partial charge in [-0.25, -0.2) is 4.39 Å². The normalized spacial score (nSPS) is 16.9. The third-order valence-corrected chi connectivity index (χ3v) is 6.10. The third-order valence-electron chi connectivity index (χ3n) is 6.10. The standard InChI is InChI=1S/C28H26F4O4/c1-15(2)20-13-22-25(21(33)14-27(3,4)36-22)23(16-5-9-18(29)10-6-16)24(20)26(34)17-7-11-19(12-8-17)35-28(30,31)32/h5-13,15,21,33H,14H2,1-4H3/t21-/m1/s1. The van der Waals surface area contributed by atoms with Gasteiger partial charge < -0.3 is 14.6 Å². The molecule has 190 valence electrons. The fraction of sp³-hybridized carbons (Fsp3) is 0.321. The fourth-order valence-corrected chi connectivity index (χ4v) is 4.58. The van der Waals surface area contributed by atoms with Crippen molar-refractivity contribution < 1.29 is 36.9 Å². The maximum Gasteiger partial charge on any atom is 0.573 e. The molecule has 3 aromatic rings. The lowest BCUT2D eigenvalue weighted by Gasteiger charge is -2.38. The van der Waals surface area contributed by atoms with Gasteiger partial charge in [0.15, 0.2) is 5.78 Å². The van der Waals surface area contributed by atoms with Crippen LogP contribution in [-0.2, 0) is 0 Å². The molecule has 0 radical (unpaired) electrons. The minimum absolute atomic E-state index is 0.140. The predicted octanol–water partition coefficient (Wildman–Crippen LogP) is 7.34. The monoisotopic (exact) mass is 502 g/mol. The number of benzene rings is 3. The third kappa shape index (κ3) is 5.23.